The Bertz CT molecular complexity index is 381. The van der Waals surface area contributed by atoms with Gasteiger partial charge in [0.15, 0.2) is 5.69 Å². The molecule has 0 saturated carbocycles. The highest BCUT2D eigenvalue weighted by molar-refractivity contribution is 7.99. The number of aliphatic hydroxyl groups is 1. The Labute approximate surface area is 111 Å². The van der Waals surface area contributed by atoms with E-state index < -0.39 is 0 Å². The molecule has 1 heterocycles. The average molecular weight is 270 g/mol. The molecule has 0 bridgehead atoms. The molecular weight excluding hydrogens is 252 g/mol. The van der Waals surface area contributed by atoms with Crippen LogP contribution in [-0.2, 0) is 0 Å². The van der Waals surface area contributed by atoms with Crippen molar-refractivity contribution in [2.24, 2.45) is 0 Å². The van der Waals surface area contributed by atoms with E-state index in [-0.39, 0.29) is 29.5 Å². The van der Waals surface area contributed by atoms with Crippen LogP contribution in [0.2, 0.25) is 0 Å². The highest BCUT2D eigenvalue weighted by atomic mass is 32.2. The minimum absolute atomic E-state index is 0.0603. The van der Waals surface area contributed by atoms with Crippen LogP contribution < -0.4 is 10.6 Å². The number of nitrogens with zero attached hydrogens (tertiary/aromatic N) is 2. The number of aliphatic hydroxyl groups excluding tert-OH is 1. The summed E-state index contributed by atoms with van der Waals surface area (Å²) in [7, 11) is 1.54. The zero-order chi connectivity index (χ0) is 13.5. The van der Waals surface area contributed by atoms with Crippen molar-refractivity contribution in [2.45, 2.75) is 18.2 Å². The largest absolute Gasteiger partial charge is 0.395 e. The highest BCUT2D eigenvalue weighted by Crippen LogP contribution is 2.14. The van der Waals surface area contributed by atoms with E-state index in [4.69, 9.17) is 0 Å². The number of rotatable bonds is 6. The maximum Gasteiger partial charge on any atom is 0.271 e. The lowest BCUT2D eigenvalue weighted by molar-refractivity contribution is 0.0957. The van der Waals surface area contributed by atoms with E-state index in [1.807, 2.05) is 13.2 Å². The number of hydrogen-bond donors (Lipinski definition) is 3. The third-order valence-corrected chi connectivity index (χ3v) is 3.70. The first-order valence-electron chi connectivity index (χ1n) is 5.58. The number of anilines is 1. The first kappa shape index (κ1) is 14.7. The van der Waals surface area contributed by atoms with Crippen molar-refractivity contribution in [1.82, 2.24) is 15.5 Å². The predicted molar refractivity (Wildman–Crippen MR) is 72.9 cm³/mol. The smallest absolute Gasteiger partial charge is 0.271 e. The van der Waals surface area contributed by atoms with Crippen molar-refractivity contribution in [3.8, 4) is 0 Å². The molecule has 7 heteroatoms. The van der Waals surface area contributed by atoms with Gasteiger partial charge in [-0.05, 0) is 25.3 Å². The second-order valence-electron chi connectivity index (χ2n) is 3.77. The highest BCUT2D eigenvalue weighted by Gasteiger charge is 2.15. The third-order valence-electron chi connectivity index (χ3n) is 2.54. The Morgan fingerprint density at radius 1 is 1.50 bits per heavy atom. The lowest BCUT2D eigenvalue weighted by atomic mass is 10.2. The van der Waals surface area contributed by atoms with E-state index in [9.17, 15) is 9.90 Å². The molecule has 0 aliphatic heterocycles. The maximum atomic E-state index is 11.3. The van der Waals surface area contributed by atoms with Crippen molar-refractivity contribution >= 4 is 23.5 Å². The van der Waals surface area contributed by atoms with Crippen LogP contribution in [0.5, 0.6) is 0 Å². The van der Waals surface area contributed by atoms with Crippen molar-refractivity contribution in [1.29, 1.82) is 0 Å². The molecule has 1 aromatic rings. The standard InChI is InChI=1S/C11H18N4O2S/c1-7(9(6-16)18-3)13-10-5-4-8(14-15-10)11(17)12-2/h4-5,7,9,16H,6H2,1-3H3,(H,12,17)(H,13,15). The lowest BCUT2D eigenvalue weighted by Gasteiger charge is -2.21. The molecule has 3 N–H and O–H groups in total. The molecule has 0 fully saturated rings. The number of amides is 1. The summed E-state index contributed by atoms with van der Waals surface area (Å²) in [5.41, 5.74) is 0.277. The van der Waals surface area contributed by atoms with Gasteiger partial charge < -0.3 is 15.7 Å². The Hall–Kier alpha value is -1.34. The Morgan fingerprint density at radius 3 is 2.67 bits per heavy atom. The van der Waals surface area contributed by atoms with E-state index in [2.05, 4.69) is 20.8 Å². The zero-order valence-electron chi connectivity index (χ0n) is 10.7. The van der Waals surface area contributed by atoms with Crippen LogP contribution in [0.1, 0.15) is 17.4 Å². The first-order valence-corrected chi connectivity index (χ1v) is 6.87. The molecule has 1 amide bonds. The predicted octanol–water partition coefficient (Wildman–Crippen LogP) is 0.360. The van der Waals surface area contributed by atoms with E-state index in [1.165, 1.54) is 0 Å². The molecule has 0 aromatic carbocycles. The number of carbonyl (C=O) groups is 1. The second-order valence-corrected chi connectivity index (χ2v) is 4.85. The number of carbonyl (C=O) groups excluding carboxylic acids is 1. The second kappa shape index (κ2) is 7.17. The van der Waals surface area contributed by atoms with Gasteiger partial charge in [0.2, 0.25) is 0 Å². The molecule has 1 rings (SSSR count). The summed E-state index contributed by atoms with van der Waals surface area (Å²) in [4.78, 5) is 11.3. The monoisotopic (exact) mass is 270 g/mol. The summed E-state index contributed by atoms with van der Waals surface area (Å²) in [6.07, 6.45) is 1.94. The van der Waals surface area contributed by atoms with Crippen LogP contribution in [0.15, 0.2) is 12.1 Å². The molecule has 0 radical (unpaired) electrons. The van der Waals surface area contributed by atoms with Crippen molar-refractivity contribution in [3.63, 3.8) is 0 Å². The van der Waals surface area contributed by atoms with Gasteiger partial charge in [-0.1, -0.05) is 0 Å². The molecule has 6 nitrogen and oxygen atoms in total. The van der Waals surface area contributed by atoms with Gasteiger partial charge in [0.1, 0.15) is 5.82 Å². The Morgan fingerprint density at radius 2 is 2.22 bits per heavy atom. The van der Waals surface area contributed by atoms with E-state index in [0.717, 1.165) is 0 Å². The van der Waals surface area contributed by atoms with Gasteiger partial charge in [0.25, 0.3) is 5.91 Å². The first-order chi connectivity index (χ1) is 8.62. The molecule has 18 heavy (non-hydrogen) atoms. The average Bonchev–Trinajstić information content (AvgIpc) is 2.40. The molecule has 2 atom stereocenters. The van der Waals surface area contributed by atoms with E-state index >= 15 is 0 Å². The van der Waals surface area contributed by atoms with Gasteiger partial charge in [-0.15, -0.1) is 10.2 Å². The number of thioether (sulfide) groups is 1. The molecular formula is C11H18N4O2S. The lowest BCUT2D eigenvalue weighted by Crippen LogP contribution is -2.31. The van der Waals surface area contributed by atoms with Gasteiger partial charge in [0.05, 0.1) is 6.61 Å². The van der Waals surface area contributed by atoms with Gasteiger partial charge in [0, 0.05) is 18.3 Å². The van der Waals surface area contributed by atoms with Crippen LogP contribution in [-0.4, -0.2) is 52.4 Å². The third kappa shape index (κ3) is 3.85. The zero-order valence-corrected chi connectivity index (χ0v) is 11.5. The van der Waals surface area contributed by atoms with E-state index in [0.29, 0.717) is 5.82 Å². The van der Waals surface area contributed by atoms with Crippen LogP contribution in [0.25, 0.3) is 0 Å². The normalized spacial score (nSPS) is 13.8. The van der Waals surface area contributed by atoms with E-state index in [1.54, 1.807) is 30.9 Å². The van der Waals surface area contributed by atoms with Gasteiger partial charge in [-0.25, -0.2) is 0 Å². The number of aromatic nitrogens is 2. The van der Waals surface area contributed by atoms with Gasteiger partial charge in [-0.2, -0.15) is 11.8 Å². The molecule has 1 aromatic heterocycles. The van der Waals surface area contributed by atoms with Crippen molar-refractivity contribution in [2.75, 3.05) is 25.2 Å². The summed E-state index contributed by atoms with van der Waals surface area (Å²) >= 11 is 1.58. The van der Waals surface area contributed by atoms with Crippen LogP contribution in [0, 0.1) is 0 Å². The van der Waals surface area contributed by atoms with Gasteiger partial charge in [-0.3, -0.25) is 4.79 Å². The SMILES string of the molecule is CNC(=O)c1ccc(NC(C)C(CO)SC)nn1. The van der Waals surface area contributed by atoms with Crippen LogP contribution in [0.3, 0.4) is 0 Å². The minimum Gasteiger partial charge on any atom is -0.395 e. The molecule has 0 aliphatic carbocycles. The topological polar surface area (TPSA) is 87.1 Å². The fraction of sp³-hybridized carbons (Fsp3) is 0.545. The fourth-order valence-electron chi connectivity index (χ4n) is 1.42. The van der Waals surface area contributed by atoms with Crippen LogP contribution >= 0.6 is 11.8 Å². The molecule has 0 aliphatic rings. The summed E-state index contributed by atoms with van der Waals surface area (Å²) in [6.45, 7) is 2.06. The Balaban J connectivity index is 2.66. The summed E-state index contributed by atoms with van der Waals surface area (Å²) in [5.74, 6) is 0.321. The molecule has 0 saturated heterocycles. The molecule has 0 spiro atoms. The number of hydrogen-bond acceptors (Lipinski definition) is 6. The van der Waals surface area contributed by atoms with Crippen LogP contribution in [0.4, 0.5) is 5.82 Å². The summed E-state index contributed by atoms with van der Waals surface area (Å²) in [6, 6.07) is 3.36. The molecule has 2 unspecified atom stereocenters. The summed E-state index contributed by atoms with van der Waals surface area (Å²) < 4.78 is 0. The minimum atomic E-state index is -0.264. The summed E-state index contributed by atoms with van der Waals surface area (Å²) in [5, 5.41) is 22.6. The fourth-order valence-corrected chi connectivity index (χ4v) is 2.05. The number of nitrogens with one attached hydrogen (secondary N) is 2. The quantitative estimate of drug-likeness (QED) is 0.692. The molecule has 100 valence electrons. The van der Waals surface area contributed by atoms with Crippen molar-refractivity contribution in [3.05, 3.63) is 17.8 Å². The van der Waals surface area contributed by atoms with Gasteiger partial charge >= 0.3 is 0 Å². The Kier molecular flexibility index (Phi) is 5.87. The van der Waals surface area contributed by atoms with Crippen molar-refractivity contribution < 1.29 is 9.90 Å². The maximum absolute atomic E-state index is 11.3.